The number of aliphatic hydroxyl groups is 1. The van der Waals surface area contributed by atoms with Gasteiger partial charge in [0, 0.05) is 6.04 Å². The molecule has 1 atom stereocenters. The molecular formula is C6H16N2O. The lowest BCUT2D eigenvalue weighted by Crippen LogP contribution is -2.38. The molecule has 0 saturated carbocycles. The zero-order valence-electron chi connectivity index (χ0n) is 6.09. The van der Waals surface area contributed by atoms with E-state index < -0.39 is 0 Å². The second-order valence-corrected chi connectivity index (χ2v) is 2.68. The molecule has 0 unspecified atom stereocenters. The van der Waals surface area contributed by atoms with Crippen molar-refractivity contribution in [2.24, 2.45) is 11.8 Å². The van der Waals surface area contributed by atoms with Crippen LogP contribution in [-0.2, 0) is 0 Å². The Balaban J connectivity index is 3.31. The Morgan fingerprint density at radius 1 is 1.56 bits per heavy atom. The second kappa shape index (κ2) is 4.73. The van der Waals surface area contributed by atoms with Crippen molar-refractivity contribution in [3.8, 4) is 0 Å². The minimum Gasteiger partial charge on any atom is -0.395 e. The van der Waals surface area contributed by atoms with Crippen molar-refractivity contribution in [1.82, 2.24) is 5.43 Å². The summed E-state index contributed by atoms with van der Waals surface area (Å²) in [7, 11) is 0. The van der Waals surface area contributed by atoms with Crippen LogP contribution < -0.4 is 11.3 Å². The molecule has 0 aliphatic carbocycles. The molecule has 0 fully saturated rings. The number of nitrogens with one attached hydrogen (secondary N) is 1. The highest BCUT2D eigenvalue weighted by Gasteiger charge is 2.05. The van der Waals surface area contributed by atoms with Crippen LogP contribution in [0.15, 0.2) is 0 Å². The molecule has 0 heterocycles. The van der Waals surface area contributed by atoms with E-state index in [1.807, 2.05) is 0 Å². The van der Waals surface area contributed by atoms with Gasteiger partial charge in [-0.3, -0.25) is 11.3 Å². The molecule has 0 spiro atoms. The summed E-state index contributed by atoms with van der Waals surface area (Å²) in [5.41, 5.74) is 2.53. The quantitative estimate of drug-likeness (QED) is 0.368. The van der Waals surface area contributed by atoms with Crippen LogP contribution in [0, 0.1) is 5.92 Å². The number of hydrogen-bond acceptors (Lipinski definition) is 3. The number of nitrogens with two attached hydrogens (primary N) is 1. The molecule has 9 heavy (non-hydrogen) atoms. The van der Waals surface area contributed by atoms with Crippen molar-refractivity contribution in [1.29, 1.82) is 0 Å². The highest BCUT2D eigenvalue weighted by molar-refractivity contribution is 4.62. The first-order chi connectivity index (χ1) is 4.20. The number of hydrazine groups is 1. The molecule has 0 radical (unpaired) electrons. The monoisotopic (exact) mass is 132 g/mol. The van der Waals surface area contributed by atoms with Gasteiger partial charge >= 0.3 is 0 Å². The third-order valence-corrected chi connectivity index (χ3v) is 1.21. The van der Waals surface area contributed by atoms with Crippen molar-refractivity contribution in [2.75, 3.05) is 6.61 Å². The van der Waals surface area contributed by atoms with Gasteiger partial charge in [0.2, 0.25) is 0 Å². The summed E-state index contributed by atoms with van der Waals surface area (Å²) in [5, 5.41) is 8.63. The number of aliphatic hydroxyl groups excluding tert-OH is 1. The van der Waals surface area contributed by atoms with Gasteiger partial charge in [-0.25, -0.2) is 0 Å². The molecule has 0 rings (SSSR count). The molecule has 0 aromatic carbocycles. The summed E-state index contributed by atoms with van der Waals surface area (Å²) in [6, 6.07) is 0.0602. The highest BCUT2D eigenvalue weighted by Crippen LogP contribution is 2.02. The van der Waals surface area contributed by atoms with Crippen LogP contribution in [-0.4, -0.2) is 17.8 Å². The van der Waals surface area contributed by atoms with E-state index in [1.165, 1.54) is 0 Å². The lowest BCUT2D eigenvalue weighted by atomic mass is 10.1. The van der Waals surface area contributed by atoms with Gasteiger partial charge in [-0.05, 0) is 12.3 Å². The van der Waals surface area contributed by atoms with E-state index in [9.17, 15) is 0 Å². The predicted octanol–water partition coefficient (Wildman–Crippen LogP) is -0.143. The van der Waals surface area contributed by atoms with Crippen LogP contribution in [0.1, 0.15) is 20.3 Å². The first-order valence-corrected chi connectivity index (χ1v) is 3.27. The van der Waals surface area contributed by atoms with Gasteiger partial charge in [-0.2, -0.15) is 0 Å². The minimum atomic E-state index is 0.0602. The Kier molecular flexibility index (Phi) is 4.67. The van der Waals surface area contributed by atoms with Crippen molar-refractivity contribution < 1.29 is 5.11 Å². The van der Waals surface area contributed by atoms with E-state index in [0.717, 1.165) is 6.42 Å². The van der Waals surface area contributed by atoms with Crippen molar-refractivity contribution in [2.45, 2.75) is 26.3 Å². The van der Waals surface area contributed by atoms with Gasteiger partial charge < -0.3 is 5.11 Å². The third-order valence-electron chi connectivity index (χ3n) is 1.21. The van der Waals surface area contributed by atoms with E-state index in [4.69, 9.17) is 10.9 Å². The predicted molar refractivity (Wildman–Crippen MR) is 37.7 cm³/mol. The highest BCUT2D eigenvalue weighted by atomic mass is 16.3. The average Bonchev–Trinajstić information content (AvgIpc) is 1.82. The Morgan fingerprint density at radius 2 is 2.11 bits per heavy atom. The summed E-state index contributed by atoms with van der Waals surface area (Å²) < 4.78 is 0. The first kappa shape index (κ1) is 8.88. The topological polar surface area (TPSA) is 58.3 Å². The molecule has 0 aromatic rings. The van der Waals surface area contributed by atoms with Gasteiger partial charge in [0.25, 0.3) is 0 Å². The van der Waals surface area contributed by atoms with Crippen LogP contribution in [0.5, 0.6) is 0 Å². The normalized spacial score (nSPS) is 14.3. The minimum absolute atomic E-state index is 0.0602. The summed E-state index contributed by atoms with van der Waals surface area (Å²) >= 11 is 0. The fraction of sp³-hybridized carbons (Fsp3) is 1.00. The fourth-order valence-electron chi connectivity index (χ4n) is 0.764. The van der Waals surface area contributed by atoms with E-state index in [2.05, 4.69) is 19.3 Å². The molecule has 56 valence electrons. The van der Waals surface area contributed by atoms with E-state index in [-0.39, 0.29) is 12.6 Å². The zero-order valence-corrected chi connectivity index (χ0v) is 6.09. The van der Waals surface area contributed by atoms with Crippen LogP contribution in [0.25, 0.3) is 0 Å². The summed E-state index contributed by atoms with van der Waals surface area (Å²) in [5.74, 6) is 5.70. The summed E-state index contributed by atoms with van der Waals surface area (Å²) in [4.78, 5) is 0. The molecule has 3 heteroatoms. The van der Waals surface area contributed by atoms with Crippen LogP contribution in [0.2, 0.25) is 0 Å². The first-order valence-electron chi connectivity index (χ1n) is 3.27. The Hall–Kier alpha value is -0.120. The molecule has 0 amide bonds. The van der Waals surface area contributed by atoms with Gasteiger partial charge in [0.05, 0.1) is 6.61 Å². The van der Waals surface area contributed by atoms with Crippen molar-refractivity contribution >= 4 is 0 Å². The average molecular weight is 132 g/mol. The molecule has 3 nitrogen and oxygen atoms in total. The second-order valence-electron chi connectivity index (χ2n) is 2.68. The van der Waals surface area contributed by atoms with E-state index in [1.54, 1.807) is 0 Å². The maximum absolute atomic E-state index is 8.63. The van der Waals surface area contributed by atoms with Crippen LogP contribution in [0.4, 0.5) is 0 Å². The summed E-state index contributed by atoms with van der Waals surface area (Å²) in [6.45, 7) is 4.31. The van der Waals surface area contributed by atoms with Gasteiger partial charge in [0.15, 0.2) is 0 Å². The molecular weight excluding hydrogens is 116 g/mol. The number of hydrogen-bond donors (Lipinski definition) is 3. The Morgan fingerprint density at radius 3 is 2.22 bits per heavy atom. The molecule has 4 N–H and O–H groups in total. The molecule has 0 aliphatic heterocycles. The van der Waals surface area contributed by atoms with Gasteiger partial charge in [-0.1, -0.05) is 13.8 Å². The zero-order chi connectivity index (χ0) is 7.28. The smallest absolute Gasteiger partial charge is 0.0598 e. The molecule has 0 aromatic heterocycles. The SMILES string of the molecule is CC(C)C[C@@H](CO)NN. The number of rotatable bonds is 4. The van der Waals surface area contributed by atoms with Crippen LogP contribution in [0.3, 0.4) is 0 Å². The maximum atomic E-state index is 8.63. The van der Waals surface area contributed by atoms with Gasteiger partial charge in [-0.15, -0.1) is 0 Å². The van der Waals surface area contributed by atoms with Gasteiger partial charge in [0.1, 0.15) is 0 Å². The largest absolute Gasteiger partial charge is 0.395 e. The lowest BCUT2D eigenvalue weighted by molar-refractivity contribution is 0.225. The Bertz CT molecular complexity index is 62.1. The van der Waals surface area contributed by atoms with E-state index >= 15 is 0 Å². The van der Waals surface area contributed by atoms with Crippen molar-refractivity contribution in [3.05, 3.63) is 0 Å². The third kappa shape index (κ3) is 4.39. The Labute approximate surface area is 56.2 Å². The van der Waals surface area contributed by atoms with Crippen LogP contribution >= 0.6 is 0 Å². The molecule has 0 bridgehead atoms. The van der Waals surface area contributed by atoms with E-state index in [0.29, 0.717) is 5.92 Å². The molecule has 0 saturated heterocycles. The lowest BCUT2D eigenvalue weighted by Gasteiger charge is -2.14. The van der Waals surface area contributed by atoms with Crippen molar-refractivity contribution in [3.63, 3.8) is 0 Å². The standard InChI is InChI=1S/C6H16N2O/c1-5(2)3-6(4-9)8-7/h5-6,8-9H,3-4,7H2,1-2H3/t6-/m0/s1. The summed E-state index contributed by atoms with van der Waals surface area (Å²) in [6.07, 6.45) is 0.924. The fourth-order valence-corrected chi connectivity index (χ4v) is 0.764. The molecule has 0 aliphatic rings. The maximum Gasteiger partial charge on any atom is 0.0598 e.